The Hall–Kier alpha value is -0.940. The van der Waals surface area contributed by atoms with Crippen LogP contribution in [-0.2, 0) is 10.0 Å². The number of aromatic nitrogens is 2. The topological polar surface area (TPSA) is 89.2 Å². The molecule has 0 unspecified atom stereocenters. The van der Waals surface area contributed by atoms with Crippen molar-refractivity contribution in [2.24, 2.45) is 0 Å². The van der Waals surface area contributed by atoms with Gasteiger partial charge in [-0.05, 0) is 0 Å². The Labute approximate surface area is 92.9 Å². The van der Waals surface area contributed by atoms with E-state index in [9.17, 15) is 21.6 Å². The first kappa shape index (κ1) is 13.1. The number of sulfonamides is 1. The summed E-state index contributed by atoms with van der Waals surface area (Å²) < 4.78 is 58.6. The van der Waals surface area contributed by atoms with Crippen molar-refractivity contribution in [3.05, 3.63) is 0 Å². The number of hydrogen-bond acceptors (Lipinski definition) is 6. The van der Waals surface area contributed by atoms with Gasteiger partial charge in [0.1, 0.15) is 6.54 Å². The second-order valence-corrected chi connectivity index (χ2v) is 6.01. The van der Waals surface area contributed by atoms with Crippen LogP contribution < -0.4 is 5.73 Å². The zero-order valence-electron chi connectivity index (χ0n) is 7.89. The third kappa shape index (κ3) is 3.02. The summed E-state index contributed by atoms with van der Waals surface area (Å²) in [5.41, 5.74) is 5.14. The molecule has 0 aliphatic rings. The summed E-state index contributed by atoms with van der Waals surface area (Å²) >= 11 is 0.508. The minimum atomic E-state index is -4.61. The Balaban J connectivity index is 2.95. The van der Waals surface area contributed by atoms with Crippen molar-refractivity contribution in [2.45, 2.75) is 10.5 Å². The van der Waals surface area contributed by atoms with Crippen molar-refractivity contribution < 1.29 is 21.6 Å². The molecule has 11 heteroatoms. The highest BCUT2D eigenvalue weighted by Crippen LogP contribution is 2.23. The molecule has 0 spiro atoms. The second kappa shape index (κ2) is 4.14. The number of alkyl halides is 3. The fourth-order valence-electron chi connectivity index (χ4n) is 0.795. The van der Waals surface area contributed by atoms with Crippen LogP contribution in [0.15, 0.2) is 4.34 Å². The van der Waals surface area contributed by atoms with E-state index in [2.05, 4.69) is 10.2 Å². The van der Waals surface area contributed by atoms with Gasteiger partial charge in [0.05, 0.1) is 0 Å². The van der Waals surface area contributed by atoms with E-state index in [0.29, 0.717) is 11.3 Å². The lowest BCUT2D eigenvalue weighted by atomic mass is 10.6. The molecule has 1 rings (SSSR count). The molecule has 0 saturated heterocycles. The van der Waals surface area contributed by atoms with Gasteiger partial charge in [-0.1, -0.05) is 11.3 Å². The van der Waals surface area contributed by atoms with Crippen LogP contribution >= 0.6 is 11.3 Å². The van der Waals surface area contributed by atoms with Crippen LogP contribution in [0.4, 0.5) is 18.3 Å². The standard InChI is InChI=1S/C5H7F3N4O2S2/c1-12(2-5(6,7)8)16(13,14)4-11-10-3(9)15-4/h2H2,1H3,(H2,9,10). The smallest absolute Gasteiger partial charge is 0.374 e. The quantitative estimate of drug-likeness (QED) is 0.857. The fourth-order valence-corrected chi connectivity index (χ4v) is 2.92. The first-order valence-corrected chi connectivity index (χ1v) is 6.00. The average molecular weight is 276 g/mol. The summed E-state index contributed by atoms with van der Waals surface area (Å²) in [5.74, 6) is 0. The summed E-state index contributed by atoms with van der Waals surface area (Å²) in [4.78, 5) is 0. The second-order valence-electron chi connectivity index (χ2n) is 2.78. The highest BCUT2D eigenvalue weighted by Gasteiger charge is 2.36. The lowest BCUT2D eigenvalue weighted by molar-refractivity contribution is -0.134. The zero-order chi connectivity index (χ0) is 12.6. The van der Waals surface area contributed by atoms with E-state index < -0.39 is 27.1 Å². The zero-order valence-corrected chi connectivity index (χ0v) is 9.53. The minimum absolute atomic E-state index is 0.126. The third-order valence-corrected chi connectivity index (χ3v) is 4.36. The van der Waals surface area contributed by atoms with E-state index in [4.69, 9.17) is 5.73 Å². The maximum Gasteiger partial charge on any atom is 0.402 e. The SMILES string of the molecule is CN(CC(F)(F)F)S(=O)(=O)c1nnc(N)s1. The van der Waals surface area contributed by atoms with Crippen molar-refractivity contribution in [2.75, 3.05) is 19.3 Å². The van der Waals surface area contributed by atoms with E-state index in [1.807, 2.05) is 0 Å². The van der Waals surface area contributed by atoms with Gasteiger partial charge in [0.2, 0.25) is 9.47 Å². The number of hydrogen-bond donors (Lipinski definition) is 1. The van der Waals surface area contributed by atoms with Crippen molar-refractivity contribution in [3.8, 4) is 0 Å². The van der Waals surface area contributed by atoms with Crippen LogP contribution in [-0.4, -0.2) is 42.7 Å². The van der Waals surface area contributed by atoms with Gasteiger partial charge in [-0.2, -0.15) is 17.5 Å². The molecule has 1 heterocycles. The Bertz CT molecular complexity index is 468. The molecule has 0 aromatic carbocycles. The minimum Gasteiger partial charge on any atom is -0.374 e. The molecule has 0 aliphatic carbocycles. The first-order valence-electron chi connectivity index (χ1n) is 3.75. The Morgan fingerprint density at radius 3 is 2.38 bits per heavy atom. The number of nitrogen functional groups attached to an aromatic ring is 1. The molecule has 0 saturated carbocycles. The molecular formula is C5H7F3N4O2S2. The Morgan fingerprint density at radius 2 is 2.00 bits per heavy atom. The molecule has 0 aliphatic heterocycles. The van der Waals surface area contributed by atoms with E-state index >= 15 is 0 Å². The maximum atomic E-state index is 12.0. The van der Waals surface area contributed by atoms with Gasteiger partial charge in [-0.15, -0.1) is 10.2 Å². The van der Waals surface area contributed by atoms with Gasteiger partial charge in [0.25, 0.3) is 10.0 Å². The predicted molar refractivity (Wildman–Crippen MR) is 50.2 cm³/mol. The number of rotatable bonds is 3. The maximum absolute atomic E-state index is 12.0. The molecule has 1 aromatic heterocycles. The van der Waals surface area contributed by atoms with Crippen LogP contribution in [0, 0.1) is 0 Å². The van der Waals surface area contributed by atoms with E-state index in [-0.39, 0.29) is 9.44 Å². The predicted octanol–water partition coefficient (Wildman–Crippen LogP) is 0.303. The van der Waals surface area contributed by atoms with Crippen molar-refractivity contribution in [1.82, 2.24) is 14.5 Å². The fraction of sp³-hybridized carbons (Fsp3) is 0.600. The third-order valence-electron chi connectivity index (χ3n) is 1.46. The number of anilines is 1. The van der Waals surface area contributed by atoms with Crippen molar-refractivity contribution in [1.29, 1.82) is 0 Å². The molecule has 1 aromatic rings. The largest absolute Gasteiger partial charge is 0.402 e. The first-order chi connectivity index (χ1) is 7.13. The molecule has 2 N–H and O–H groups in total. The van der Waals surface area contributed by atoms with Crippen LogP contribution in [0.25, 0.3) is 0 Å². The van der Waals surface area contributed by atoms with Crippen LogP contribution in [0.1, 0.15) is 0 Å². The van der Waals surface area contributed by atoms with Crippen LogP contribution in [0.5, 0.6) is 0 Å². The lowest BCUT2D eigenvalue weighted by Crippen LogP contribution is -2.35. The van der Waals surface area contributed by atoms with E-state index in [0.717, 1.165) is 7.05 Å². The van der Waals surface area contributed by atoms with Gasteiger partial charge >= 0.3 is 6.18 Å². The van der Waals surface area contributed by atoms with Crippen LogP contribution in [0.2, 0.25) is 0 Å². The molecular weight excluding hydrogens is 269 g/mol. The van der Waals surface area contributed by atoms with Gasteiger partial charge in [0.15, 0.2) is 0 Å². The molecule has 0 atom stereocenters. The monoisotopic (exact) mass is 276 g/mol. The molecule has 0 fully saturated rings. The van der Waals surface area contributed by atoms with E-state index in [1.165, 1.54) is 0 Å². The van der Waals surface area contributed by atoms with Crippen LogP contribution in [0.3, 0.4) is 0 Å². The lowest BCUT2D eigenvalue weighted by Gasteiger charge is -2.16. The molecule has 0 amide bonds. The highest BCUT2D eigenvalue weighted by atomic mass is 32.2. The summed E-state index contributed by atoms with van der Waals surface area (Å²) in [6.07, 6.45) is -4.61. The molecule has 0 radical (unpaired) electrons. The molecule has 6 nitrogen and oxygen atoms in total. The van der Waals surface area contributed by atoms with Gasteiger partial charge in [0, 0.05) is 7.05 Å². The van der Waals surface area contributed by atoms with Gasteiger partial charge in [-0.25, -0.2) is 8.42 Å². The molecule has 92 valence electrons. The van der Waals surface area contributed by atoms with E-state index in [1.54, 1.807) is 0 Å². The number of nitrogens with zero attached hydrogens (tertiary/aromatic N) is 3. The number of nitrogens with two attached hydrogens (primary N) is 1. The summed E-state index contributed by atoms with van der Waals surface area (Å²) in [7, 11) is -3.47. The van der Waals surface area contributed by atoms with Crippen molar-refractivity contribution in [3.63, 3.8) is 0 Å². The summed E-state index contributed by atoms with van der Waals surface area (Å²) in [6.45, 7) is -1.59. The summed E-state index contributed by atoms with van der Waals surface area (Å²) in [5, 5.41) is 6.28. The highest BCUT2D eigenvalue weighted by molar-refractivity contribution is 7.91. The molecule has 0 bridgehead atoms. The average Bonchev–Trinajstić information content (AvgIpc) is 2.48. The van der Waals surface area contributed by atoms with Gasteiger partial charge in [-0.3, -0.25) is 0 Å². The van der Waals surface area contributed by atoms with Crippen molar-refractivity contribution >= 4 is 26.5 Å². The normalized spacial score (nSPS) is 13.3. The van der Waals surface area contributed by atoms with Gasteiger partial charge < -0.3 is 5.73 Å². The Morgan fingerprint density at radius 1 is 1.44 bits per heavy atom. The molecule has 16 heavy (non-hydrogen) atoms. The number of halogens is 3. The Kier molecular flexibility index (Phi) is 3.40. The summed E-state index contributed by atoms with van der Waals surface area (Å²) in [6, 6.07) is 0.